The van der Waals surface area contributed by atoms with Crippen LogP contribution in [0.1, 0.15) is 39.0 Å². The van der Waals surface area contributed by atoms with Crippen LogP contribution in [0.4, 0.5) is 0 Å². The molecule has 2 atom stereocenters. The molecule has 0 unspecified atom stereocenters. The van der Waals surface area contributed by atoms with Gasteiger partial charge in [0.05, 0.1) is 12.2 Å². The Morgan fingerprint density at radius 1 is 1.33 bits per heavy atom. The van der Waals surface area contributed by atoms with E-state index in [4.69, 9.17) is 4.74 Å². The van der Waals surface area contributed by atoms with Gasteiger partial charge in [0.2, 0.25) is 0 Å². The van der Waals surface area contributed by atoms with Gasteiger partial charge in [-0.2, -0.15) is 0 Å². The molecule has 12 heavy (non-hydrogen) atoms. The smallest absolute Gasteiger partial charge is 0.0692 e. The van der Waals surface area contributed by atoms with E-state index in [1.165, 1.54) is 32.1 Å². The molecule has 0 amide bonds. The first-order valence-electron chi connectivity index (χ1n) is 5.10. The first kappa shape index (κ1) is 8.31. The van der Waals surface area contributed by atoms with E-state index in [0.29, 0.717) is 0 Å². The molecular weight excluding hydrogens is 148 g/mol. The molecule has 1 fully saturated rings. The molecular formula is C11H18O. The molecule has 0 aromatic heterocycles. The topological polar surface area (TPSA) is 9.23 Å². The van der Waals surface area contributed by atoms with Gasteiger partial charge in [-0.15, -0.1) is 0 Å². The summed E-state index contributed by atoms with van der Waals surface area (Å²) in [6.45, 7) is 3.18. The Kier molecular flexibility index (Phi) is 2.22. The lowest BCUT2D eigenvalue weighted by molar-refractivity contribution is -0.0303. The Balaban J connectivity index is 2.01. The third kappa shape index (κ3) is 1.56. The van der Waals surface area contributed by atoms with Crippen LogP contribution in [0, 0.1) is 5.92 Å². The van der Waals surface area contributed by atoms with Crippen molar-refractivity contribution in [1.82, 2.24) is 0 Å². The van der Waals surface area contributed by atoms with Gasteiger partial charge in [0.1, 0.15) is 0 Å². The van der Waals surface area contributed by atoms with E-state index in [1.54, 1.807) is 0 Å². The summed E-state index contributed by atoms with van der Waals surface area (Å²) in [7, 11) is 0. The standard InChI is InChI=1S/C11H18O/c1-10-5-7-11(9-10)6-3-2-4-8-12-11/h2,4,10H,3,5-9H2,1H3/t10-,11+/m0/s1. The molecule has 0 aromatic rings. The summed E-state index contributed by atoms with van der Waals surface area (Å²) in [6, 6.07) is 0. The molecule has 1 heteroatoms. The number of hydrogen-bond acceptors (Lipinski definition) is 1. The van der Waals surface area contributed by atoms with Gasteiger partial charge in [-0.25, -0.2) is 0 Å². The van der Waals surface area contributed by atoms with Crippen LogP contribution < -0.4 is 0 Å². The zero-order chi connectivity index (χ0) is 8.44. The molecule has 1 nitrogen and oxygen atoms in total. The van der Waals surface area contributed by atoms with Crippen molar-refractivity contribution < 1.29 is 4.74 Å². The first-order valence-corrected chi connectivity index (χ1v) is 5.10. The van der Waals surface area contributed by atoms with Gasteiger partial charge in [0.25, 0.3) is 0 Å². The largest absolute Gasteiger partial charge is 0.371 e. The number of ether oxygens (including phenoxy) is 1. The number of rotatable bonds is 0. The summed E-state index contributed by atoms with van der Waals surface area (Å²) in [4.78, 5) is 0. The molecule has 2 rings (SSSR count). The maximum Gasteiger partial charge on any atom is 0.0692 e. The van der Waals surface area contributed by atoms with Crippen LogP contribution in [0.25, 0.3) is 0 Å². The van der Waals surface area contributed by atoms with Crippen LogP contribution in [-0.4, -0.2) is 12.2 Å². The van der Waals surface area contributed by atoms with Crippen molar-refractivity contribution in [2.45, 2.75) is 44.6 Å². The lowest BCUT2D eigenvalue weighted by Crippen LogP contribution is -2.28. The van der Waals surface area contributed by atoms with E-state index < -0.39 is 0 Å². The van der Waals surface area contributed by atoms with E-state index in [-0.39, 0.29) is 5.60 Å². The van der Waals surface area contributed by atoms with E-state index >= 15 is 0 Å². The molecule has 0 N–H and O–H groups in total. The molecule has 1 heterocycles. The Hall–Kier alpha value is -0.300. The lowest BCUT2D eigenvalue weighted by atomic mass is 9.95. The quantitative estimate of drug-likeness (QED) is 0.503. The highest BCUT2D eigenvalue weighted by Crippen LogP contribution is 2.41. The average Bonchev–Trinajstić information content (AvgIpc) is 2.30. The molecule has 1 aliphatic carbocycles. The van der Waals surface area contributed by atoms with Gasteiger partial charge in [-0.3, -0.25) is 0 Å². The minimum Gasteiger partial charge on any atom is -0.371 e. The molecule has 0 bridgehead atoms. The van der Waals surface area contributed by atoms with E-state index in [1.807, 2.05) is 0 Å². The lowest BCUT2D eigenvalue weighted by Gasteiger charge is -2.27. The normalized spacial score (nSPS) is 41.9. The number of allylic oxidation sites excluding steroid dienone is 1. The number of hydrogen-bond donors (Lipinski definition) is 0. The molecule has 0 saturated heterocycles. The first-order chi connectivity index (χ1) is 5.81. The fraction of sp³-hybridized carbons (Fsp3) is 0.818. The van der Waals surface area contributed by atoms with Crippen LogP contribution >= 0.6 is 0 Å². The van der Waals surface area contributed by atoms with E-state index in [9.17, 15) is 0 Å². The molecule has 0 aromatic carbocycles. The zero-order valence-corrected chi connectivity index (χ0v) is 7.88. The summed E-state index contributed by atoms with van der Waals surface area (Å²) in [5.74, 6) is 0.878. The maximum atomic E-state index is 5.94. The predicted octanol–water partition coefficient (Wildman–Crippen LogP) is 2.91. The van der Waals surface area contributed by atoms with Crippen molar-refractivity contribution in [1.29, 1.82) is 0 Å². The predicted molar refractivity (Wildman–Crippen MR) is 50.1 cm³/mol. The summed E-state index contributed by atoms with van der Waals surface area (Å²) in [6.07, 6.45) is 10.8. The Morgan fingerprint density at radius 2 is 2.25 bits per heavy atom. The van der Waals surface area contributed by atoms with Crippen molar-refractivity contribution in [3.63, 3.8) is 0 Å². The minimum absolute atomic E-state index is 0.267. The average molecular weight is 166 g/mol. The van der Waals surface area contributed by atoms with Crippen LogP contribution in [0.3, 0.4) is 0 Å². The van der Waals surface area contributed by atoms with Crippen LogP contribution in [-0.2, 0) is 4.74 Å². The highest BCUT2D eigenvalue weighted by atomic mass is 16.5. The summed E-state index contributed by atoms with van der Waals surface area (Å²) in [5, 5.41) is 0. The molecule has 1 spiro atoms. The fourth-order valence-corrected chi connectivity index (χ4v) is 2.54. The monoisotopic (exact) mass is 166 g/mol. The summed E-state index contributed by atoms with van der Waals surface area (Å²) in [5.41, 5.74) is 0.267. The van der Waals surface area contributed by atoms with Crippen LogP contribution in [0.5, 0.6) is 0 Å². The van der Waals surface area contributed by atoms with Crippen molar-refractivity contribution in [3.8, 4) is 0 Å². The van der Waals surface area contributed by atoms with Gasteiger partial charge in [-0.1, -0.05) is 19.1 Å². The van der Waals surface area contributed by atoms with E-state index in [0.717, 1.165) is 12.5 Å². The minimum atomic E-state index is 0.267. The molecule has 68 valence electrons. The van der Waals surface area contributed by atoms with Gasteiger partial charge in [0.15, 0.2) is 0 Å². The Labute approximate surface area is 74.8 Å². The third-order valence-electron chi connectivity index (χ3n) is 3.23. The molecule has 1 saturated carbocycles. The molecule has 2 aliphatic rings. The summed E-state index contributed by atoms with van der Waals surface area (Å²) >= 11 is 0. The molecule has 0 radical (unpaired) electrons. The van der Waals surface area contributed by atoms with Crippen molar-refractivity contribution >= 4 is 0 Å². The van der Waals surface area contributed by atoms with Crippen molar-refractivity contribution in [2.24, 2.45) is 5.92 Å². The second kappa shape index (κ2) is 3.21. The second-order valence-corrected chi connectivity index (χ2v) is 4.35. The molecule has 1 aliphatic heterocycles. The van der Waals surface area contributed by atoms with Gasteiger partial charge >= 0.3 is 0 Å². The fourth-order valence-electron chi connectivity index (χ4n) is 2.54. The SMILES string of the molecule is C[C@H]1CC[C@]2(CCC=CCO2)C1. The van der Waals surface area contributed by atoms with Crippen molar-refractivity contribution in [3.05, 3.63) is 12.2 Å². The van der Waals surface area contributed by atoms with E-state index in [2.05, 4.69) is 19.1 Å². The zero-order valence-electron chi connectivity index (χ0n) is 7.88. The van der Waals surface area contributed by atoms with Crippen LogP contribution in [0.15, 0.2) is 12.2 Å². The van der Waals surface area contributed by atoms with Crippen LogP contribution in [0.2, 0.25) is 0 Å². The highest BCUT2D eigenvalue weighted by Gasteiger charge is 2.37. The Morgan fingerprint density at radius 3 is 3.00 bits per heavy atom. The maximum absolute atomic E-state index is 5.94. The van der Waals surface area contributed by atoms with Gasteiger partial charge < -0.3 is 4.74 Å². The Bertz CT molecular complexity index is 173. The van der Waals surface area contributed by atoms with Gasteiger partial charge in [-0.05, 0) is 38.0 Å². The van der Waals surface area contributed by atoms with Gasteiger partial charge in [0, 0.05) is 0 Å². The second-order valence-electron chi connectivity index (χ2n) is 4.35. The highest BCUT2D eigenvalue weighted by molar-refractivity contribution is 4.96. The summed E-state index contributed by atoms with van der Waals surface area (Å²) < 4.78 is 5.94. The third-order valence-corrected chi connectivity index (χ3v) is 3.23. The van der Waals surface area contributed by atoms with Crippen molar-refractivity contribution in [2.75, 3.05) is 6.61 Å².